The van der Waals surface area contributed by atoms with E-state index < -0.39 is 0 Å². The molecule has 0 saturated carbocycles. The minimum Gasteiger partial charge on any atom is -1.00 e. The van der Waals surface area contributed by atoms with Crippen molar-refractivity contribution in [3.8, 4) is 10.0 Å². The monoisotopic (exact) mass is 618 g/mol. The van der Waals surface area contributed by atoms with Crippen LogP contribution in [0.5, 0.6) is 0 Å². The fourth-order valence-corrected chi connectivity index (χ4v) is 5.56. The summed E-state index contributed by atoms with van der Waals surface area (Å²) in [5, 5.41) is 10.1. The molecule has 10 nitrogen and oxygen atoms in total. The summed E-state index contributed by atoms with van der Waals surface area (Å²) in [7, 11) is 0. The van der Waals surface area contributed by atoms with Crippen LogP contribution >= 0.6 is 22.7 Å². The highest BCUT2D eigenvalue weighted by Crippen LogP contribution is 2.33. The average molecular weight is 620 g/mol. The van der Waals surface area contributed by atoms with Gasteiger partial charge in [-0.2, -0.15) is 19.3 Å². The number of carbonyl (C=O) groups excluding carboxylic acids is 2. The van der Waals surface area contributed by atoms with Crippen molar-refractivity contribution < 1.29 is 43.5 Å². The minimum absolute atomic E-state index is 0. The number of aromatic nitrogens is 4. The zero-order valence-corrected chi connectivity index (χ0v) is 25.4. The van der Waals surface area contributed by atoms with Crippen LogP contribution in [0.4, 0.5) is 0 Å². The normalized spacial score (nSPS) is 11.3. The molecule has 0 unspecified atom stereocenters. The number of nitrogens with zero attached hydrogens (tertiary/aromatic N) is 6. The quantitative estimate of drug-likeness (QED) is 0.115. The second kappa shape index (κ2) is 15.3. The predicted octanol–water partition coefficient (Wildman–Crippen LogP) is -3.45. The van der Waals surface area contributed by atoms with Crippen LogP contribution < -0.4 is 44.8 Å². The summed E-state index contributed by atoms with van der Waals surface area (Å²) in [6, 6.07) is 11.3. The first-order valence-corrected chi connectivity index (χ1v) is 13.4. The molecule has 0 radical (unpaired) electrons. The zero-order chi connectivity index (χ0) is 27.1. The van der Waals surface area contributed by atoms with Crippen molar-refractivity contribution in [2.45, 2.75) is 40.8 Å². The SMILES string of the molecule is C/C(=N\NC(=O)C[n+]1ccccc1)c1sc(-c2nc(C)c(/C(C)=N/NC(=O)C[n+]3ccccc3)s2)nc1C.[Cl-].[Cl-]. The zero-order valence-electron chi connectivity index (χ0n) is 22.3. The first-order valence-electron chi connectivity index (χ1n) is 11.8. The van der Waals surface area contributed by atoms with Gasteiger partial charge in [0.2, 0.25) is 13.1 Å². The maximum atomic E-state index is 12.3. The molecule has 0 spiro atoms. The van der Waals surface area contributed by atoms with Crippen LogP contribution in [0.1, 0.15) is 35.0 Å². The van der Waals surface area contributed by atoms with Crippen molar-refractivity contribution in [3.05, 3.63) is 82.3 Å². The summed E-state index contributed by atoms with van der Waals surface area (Å²) in [5.41, 5.74) is 8.19. The van der Waals surface area contributed by atoms with E-state index in [-0.39, 0.29) is 49.7 Å². The van der Waals surface area contributed by atoms with E-state index in [4.69, 9.17) is 0 Å². The van der Waals surface area contributed by atoms with Gasteiger partial charge < -0.3 is 24.8 Å². The second-order valence-electron chi connectivity index (χ2n) is 8.43. The van der Waals surface area contributed by atoms with Gasteiger partial charge in [-0.1, -0.05) is 12.1 Å². The molecule has 0 atom stereocenters. The van der Waals surface area contributed by atoms with Gasteiger partial charge in [0.1, 0.15) is 0 Å². The van der Waals surface area contributed by atoms with E-state index in [1.54, 1.807) is 9.13 Å². The largest absolute Gasteiger partial charge is 1.00 e. The Morgan fingerprint density at radius 2 is 1.05 bits per heavy atom. The van der Waals surface area contributed by atoms with Gasteiger partial charge in [-0.15, -0.1) is 22.7 Å². The summed E-state index contributed by atoms with van der Waals surface area (Å²) in [6.45, 7) is 7.85. The van der Waals surface area contributed by atoms with Gasteiger partial charge in [0.05, 0.1) is 32.6 Å². The Morgan fingerprint density at radius 3 is 1.40 bits per heavy atom. The van der Waals surface area contributed by atoms with Crippen LogP contribution in [-0.2, 0) is 22.7 Å². The summed E-state index contributed by atoms with van der Waals surface area (Å²) in [4.78, 5) is 35.6. The second-order valence-corrected chi connectivity index (χ2v) is 10.4. The lowest BCUT2D eigenvalue weighted by Gasteiger charge is -2.00. The molecule has 4 rings (SSSR count). The van der Waals surface area contributed by atoms with E-state index in [2.05, 4.69) is 31.0 Å². The standard InChI is InChI=1S/C26H26N8O2S2.2ClH/c1-17-23(19(3)29-31-21(35)15-33-11-7-5-8-12-33)37-25(27-17)26-28-18(2)24(38-26)20(4)30-32-22(36)16-34-13-9-6-10-14-34;;/h5-14H,15-16H2,1-4H3;2*1H. The molecular formula is C26H28Cl2N8O2S2. The van der Waals surface area contributed by atoms with Crippen molar-refractivity contribution in [1.29, 1.82) is 0 Å². The van der Waals surface area contributed by atoms with Crippen LogP contribution in [0.15, 0.2) is 71.4 Å². The third-order valence-corrected chi connectivity index (χ3v) is 8.01. The smallest absolute Gasteiger partial charge is 0.305 e. The highest BCUT2D eigenvalue weighted by atomic mass is 35.5. The number of pyridine rings is 2. The number of halogens is 2. The molecule has 14 heteroatoms. The summed E-state index contributed by atoms with van der Waals surface area (Å²) in [6.07, 6.45) is 7.29. The van der Waals surface area contributed by atoms with Gasteiger partial charge in [-0.05, 0) is 27.7 Å². The molecule has 2 amide bonds. The van der Waals surface area contributed by atoms with Gasteiger partial charge in [0, 0.05) is 24.3 Å². The molecule has 4 aromatic heterocycles. The fraction of sp³-hybridized carbons (Fsp3) is 0.231. The van der Waals surface area contributed by atoms with E-state index in [1.807, 2.05) is 88.9 Å². The molecule has 0 aromatic carbocycles. The van der Waals surface area contributed by atoms with E-state index in [1.165, 1.54) is 22.7 Å². The molecular weight excluding hydrogens is 591 g/mol. The number of carbonyl (C=O) groups is 2. The number of amides is 2. The average Bonchev–Trinajstić information content (AvgIpc) is 3.49. The number of thiazole rings is 2. The van der Waals surface area contributed by atoms with Crippen LogP contribution in [0.3, 0.4) is 0 Å². The predicted molar refractivity (Wildman–Crippen MR) is 147 cm³/mol. The number of aryl methyl sites for hydroxylation is 2. The topological polar surface area (TPSA) is 116 Å². The van der Waals surface area contributed by atoms with Crippen molar-refractivity contribution in [2.75, 3.05) is 0 Å². The number of hydrogen-bond acceptors (Lipinski definition) is 8. The Balaban J connectivity index is 0.00000280. The number of hydrazone groups is 2. The third kappa shape index (κ3) is 8.71. The molecule has 0 saturated heterocycles. The van der Waals surface area contributed by atoms with Gasteiger partial charge >= 0.3 is 11.8 Å². The number of rotatable bonds is 9. The maximum absolute atomic E-state index is 12.3. The Labute approximate surface area is 252 Å². The first-order chi connectivity index (χ1) is 18.3. The molecule has 4 aromatic rings. The summed E-state index contributed by atoms with van der Waals surface area (Å²) < 4.78 is 3.55. The molecule has 0 aliphatic heterocycles. The van der Waals surface area contributed by atoms with Gasteiger partial charge in [-0.25, -0.2) is 20.8 Å². The van der Waals surface area contributed by atoms with Crippen molar-refractivity contribution >= 4 is 45.9 Å². The minimum atomic E-state index is -0.215. The van der Waals surface area contributed by atoms with Gasteiger partial charge in [0.15, 0.2) is 34.8 Å². The van der Waals surface area contributed by atoms with Crippen LogP contribution in [-0.4, -0.2) is 33.2 Å². The molecule has 0 aliphatic carbocycles. The molecule has 4 heterocycles. The molecule has 40 heavy (non-hydrogen) atoms. The lowest BCUT2D eigenvalue weighted by atomic mass is 10.3. The molecule has 2 N–H and O–H groups in total. The van der Waals surface area contributed by atoms with Gasteiger partial charge in [0.25, 0.3) is 0 Å². The van der Waals surface area contributed by atoms with E-state index in [0.29, 0.717) is 11.4 Å². The van der Waals surface area contributed by atoms with Crippen molar-refractivity contribution in [1.82, 2.24) is 20.8 Å². The van der Waals surface area contributed by atoms with Crippen LogP contribution in [0.25, 0.3) is 10.0 Å². The van der Waals surface area contributed by atoms with Crippen molar-refractivity contribution in [3.63, 3.8) is 0 Å². The third-order valence-electron chi connectivity index (χ3n) is 5.34. The summed E-state index contributed by atoms with van der Waals surface area (Å²) in [5.74, 6) is -0.431. The number of hydrogen-bond donors (Lipinski definition) is 2. The maximum Gasteiger partial charge on any atom is 0.305 e. The first kappa shape index (κ1) is 32.6. The molecule has 0 bridgehead atoms. The van der Waals surface area contributed by atoms with Crippen LogP contribution in [0, 0.1) is 13.8 Å². The lowest BCUT2D eigenvalue weighted by molar-refractivity contribution is -0.684. The van der Waals surface area contributed by atoms with E-state index >= 15 is 0 Å². The summed E-state index contributed by atoms with van der Waals surface area (Å²) >= 11 is 2.93. The Bertz CT molecular complexity index is 1390. The Morgan fingerprint density at radius 1 is 0.700 bits per heavy atom. The van der Waals surface area contributed by atoms with Crippen molar-refractivity contribution in [2.24, 2.45) is 10.2 Å². The van der Waals surface area contributed by atoms with E-state index in [9.17, 15) is 9.59 Å². The Kier molecular flexibility index (Phi) is 12.5. The molecule has 0 fully saturated rings. The van der Waals surface area contributed by atoms with E-state index in [0.717, 1.165) is 31.2 Å². The fourth-order valence-electron chi connectivity index (χ4n) is 3.52. The lowest BCUT2D eigenvalue weighted by Crippen LogP contribution is -3.00. The van der Waals surface area contributed by atoms with Crippen LogP contribution in [0.2, 0.25) is 0 Å². The highest BCUT2D eigenvalue weighted by Gasteiger charge is 2.18. The highest BCUT2D eigenvalue weighted by molar-refractivity contribution is 7.23. The Hall–Kier alpha value is -3.58. The van der Waals surface area contributed by atoms with Gasteiger partial charge in [-0.3, -0.25) is 9.59 Å². The molecule has 210 valence electrons. The number of nitrogens with one attached hydrogen (secondary N) is 2. The molecule has 0 aliphatic rings.